The highest BCUT2D eigenvalue weighted by atomic mass is 16.7. The van der Waals surface area contributed by atoms with Crippen molar-refractivity contribution in [3.8, 4) is 0 Å². The summed E-state index contributed by atoms with van der Waals surface area (Å²) in [5.41, 5.74) is 0. The summed E-state index contributed by atoms with van der Waals surface area (Å²) in [7, 11) is 0. The molecule has 4 nitrogen and oxygen atoms in total. The van der Waals surface area contributed by atoms with Gasteiger partial charge in [0.25, 0.3) is 0 Å². The smallest absolute Gasteiger partial charge is 0.167 e. The minimum atomic E-state index is -0.450. The van der Waals surface area contributed by atoms with Crippen molar-refractivity contribution in [3.05, 3.63) is 12.2 Å². The fraction of sp³-hybridized carbons (Fsp3) is 0.833. The summed E-state index contributed by atoms with van der Waals surface area (Å²) in [5, 5.41) is 19.0. The Morgan fingerprint density at radius 3 is 2.69 bits per heavy atom. The minimum absolute atomic E-state index is 0.0589. The Kier molecular flexibility index (Phi) is 5.98. The largest absolute Gasteiger partial charge is 0.393 e. The highest BCUT2D eigenvalue weighted by molar-refractivity contribution is 5.02. The number of hydrogen-bond acceptors (Lipinski definition) is 4. The van der Waals surface area contributed by atoms with Crippen molar-refractivity contribution in [1.82, 2.24) is 0 Å². The molecule has 1 aliphatic heterocycles. The molecule has 1 rings (SSSR count). The summed E-state index contributed by atoms with van der Waals surface area (Å²) >= 11 is 0. The van der Waals surface area contributed by atoms with Gasteiger partial charge in [-0.15, -0.1) is 0 Å². The zero-order valence-electron chi connectivity index (χ0n) is 10.0. The molecule has 0 unspecified atom stereocenters. The second-order valence-electron chi connectivity index (χ2n) is 4.00. The van der Waals surface area contributed by atoms with Crippen LogP contribution >= 0.6 is 0 Å². The van der Waals surface area contributed by atoms with Crippen LogP contribution in [-0.2, 0) is 9.47 Å². The molecule has 94 valence electrons. The lowest BCUT2D eigenvalue weighted by atomic mass is 9.95. The Morgan fingerprint density at radius 1 is 1.38 bits per heavy atom. The Balaban J connectivity index is 2.64. The third-order valence-corrected chi connectivity index (χ3v) is 2.71. The van der Waals surface area contributed by atoms with Gasteiger partial charge in [-0.1, -0.05) is 25.5 Å². The van der Waals surface area contributed by atoms with E-state index in [1.165, 1.54) is 0 Å². The molecular formula is C12H22O4. The SMILES string of the molecule is CCC[C@@H](O)[C@@H]1C=C[C@H](CO)O[C@H]1OCC. The van der Waals surface area contributed by atoms with Crippen LogP contribution < -0.4 is 0 Å². The summed E-state index contributed by atoms with van der Waals surface area (Å²) in [4.78, 5) is 0. The average Bonchev–Trinajstić information content (AvgIpc) is 2.29. The van der Waals surface area contributed by atoms with Gasteiger partial charge < -0.3 is 19.7 Å². The fourth-order valence-electron chi connectivity index (χ4n) is 1.87. The van der Waals surface area contributed by atoms with Gasteiger partial charge in [0, 0.05) is 6.61 Å². The van der Waals surface area contributed by atoms with Crippen LogP contribution in [0.4, 0.5) is 0 Å². The van der Waals surface area contributed by atoms with Crippen LogP contribution in [0.5, 0.6) is 0 Å². The van der Waals surface area contributed by atoms with Gasteiger partial charge in [-0.25, -0.2) is 0 Å². The van der Waals surface area contributed by atoms with Crippen molar-refractivity contribution < 1.29 is 19.7 Å². The summed E-state index contributed by atoms with van der Waals surface area (Å²) in [6.07, 6.45) is 4.12. The van der Waals surface area contributed by atoms with E-state index in [1.54, 1.807) is 6.08 Å². The first-order valence-corrected chi connectivity index (χ1v) is 5.97. The van der Waals surface area contributed by atoms with E-state index in [0.717, 1.165) is 12.8 Å². The van der Waals surface area contributed by atoms with Crippen molar-refractivity contribution in [1.29, 1.82) is 0 Å². The first-order valence-electron chi connectivity index (χ1n) is 5.97. The van der Waals surface area contributed by atoms with Crippen LogP contribution in [0, 0.1) is 5.92 Å². The summed E-state index contributed by atoms with van der Waals surface area (Å²) in [6.45, 7) is 4.39. The Bertz CT molecular complexity index is 217. The highest BCUT2D eigenvalue weighted by Gasteiger charge is 2.31. The minimum Gasteiger partial charge on any atom is -0.393 e. The first-order chi connectivity index (χ1) is 7.72. The second-order valence-corrected chi connectivity index (χ2v) is 4.00. The number of aliphatic hydroxyl groups is 2. The van der Waals surface area contributed by atoms with Crippen LogP contribution in [0.3, 0.4) is 0 Å². The quantitative estimate of drug-likeness (QED) is 0.670. The van der Waals surface area contributed by atoms with Crippen LogP contribution in [0.2, 0.25) is 0 Å². The van der Waals surface area contributed by atoms with Gasteiger partial charge in [-0.05, 0) is 13.3 Å². The van der Waals surface area contributed by atoms with E-state index in [2.05, 4.69) is 0 Å². The monoisotopic (exact) mass is 230 g/mol. The van der Waals surface area contributed by atoms with Crippen molar-refractivity contribution >= 4 is 0 Å². The van der Waals surface area contributed by atoms with Crippen molar-refractivity contribution in [2.75, 3.05) is 13.2 Å². The average molecular weight is 230 g/mol. The van der Waals surface area contributed by atoms with Crippen LogP contribution in [-0.4, -0.2) is 41.9 Å². The molecule has 0 bridgehead atoms. The lowest BCUT2D eigenvalue weighted by Crippen LogP contribution is -2.40. The standard InChI is InChI=1S/C12H22O4/c1-3-5-11(14)10-7-6-9(8-13)16-12(10)15-4-2/h6-7,9-14H,3-5,8H2,1-2H3/t9-,10+,11-,12-/m1/s1. The molecule has 16 heavy (non-hydrogen) atoms. The van der Waals surface area contributed by atoms with Crippen molar-refractivity contribution in [2.24, 2.45) is 5.92 Å². The van der Waals surface area contributed by atoms with E-state index < -0.39 is 12.4 Å². The molecule has 0 saturated heterocycles. The molecule has 0 fully saturated rings. The summed E-state index contributed by atoms with van der Waals surface area (Å²) in [6, 6.07) is 0. The van der Waals surface area contributed by atoms with Gasteiger partial charge in [-0.2, -0.15) is 0 Å². The van der Waals surface area contributed by atoms with Crippen molar-refractivity contribution in [2.45, 2.75) is 45.2 Å². The molecule has 4 heteroatoms. The van der Waals surface area contributed by atoms with Crippen molar-refractivity contribution in [3.63, 3.8) is 0 Å². The van der Waals surface area contributed by atoms with Gasteiger partial charge in [0.15, 0.2) is 6.29 Å². The predicted octanol–water partition coefficient (Wildman–Crippen LogP) is 1.07. The molecule has 0 aromatic carbocycles. The number of hydrogen-bond donors (Lipinski definition) is 2. The van der Waals surface area contributed by atoms with E-state index in [0.29, 0.717) is 6.61 Å². The van der Waals surface area contributed by atoms with Gasteiger partial charge in [0.2, 0.25) is 0 Å². The third-order valence-electron chi connectivity index (χ3n) is 2.71. The van der Waals surface area contributed by atoms with Crippen LogP contribution in [0.15, 0.2) is 12.2 Å². The number of rotatable bonds is 6. The molecule has 0 aliphatic carbocycles. The Labute approximate surface area is 96.9 Å². The zero-order chi connectivity index (χ0) is 12.0. The van der Waals surface area contributed by atoms with Gasteiger partial charge in [0.1, 0.15) is 6.10 Å². The lowest BCUT2D eigenvalue weighted by Gasteiger charge is -2.33. The second kappa shape index (κ2) is 7.01. The molecule has 0 spiro atoms. The molecular weight excluding hydrogens is 208 g/mol. The molecule has 2 N–H and O–H groups in total. The van der Waals surface area contributed by atoms with Gasteiger partial charge in [0.05, 0.1) is 18.6 Å². The maximum Gasteiger partial charge on any atom is 0.167 e. The van der Waals surface area contributed by atoms with E-state index in [4.69, 9.17) is 14.6 Å². The number of ether oxygens (including phenoxy) is 2. The highest BCUT2D eigenvalue weighted by Crippen LogP contribution is 2.25. The Morgan fingerprint density at radius 2 is 2.12 bits per heavy atom. The normalized spacial score (nSPS) is 31.6. The fourth-order valence-corrected chi connectivity index (χ4v) is 1.87. The lowest BCUT2D eigenvalue weighted by molar-refractivity contribution is -0.205. The number of aliphatic hydroxyl groups excluding tert-OH is 2. The zero-order valence-corrected chi connectivity index (χ0v) is 10.0. The predicted molar refractivity (Wildman–Crippen MR) is 60.9 cm³/mol. The molecule has 0 aromatic rings. The van der Waals surface area contributed by atoms with E-state index in [-0.39, 0.29) is 18.6 Å². The molecule has 1 aliphatic rings. The molecule has 4 atom stereocenters. The van der Waals surface area contributed by atoms with E-state index >= 15 is 0 Å². The van der Waals surface area contributed by atoms with E-state index in [1.807, 2.05) is 19.9 Å². The molecule has 0 saturated carbocycles. The molecule has 1 heterocycles. The summed E-state index contributed by atoms with van der Waals surface area (Å²) < 4.78 is 11.0. The summed E-state index contributed by atoms with van der Waals surface area (Å²) in [5.74, 6) is -0.136. The maximum absolute atomic E-state index is 9.96. The Hall–Kier alpha value is -0.420. The first kappa shape index (κ1) is 13.6. The molecule has 0 radical (unpaired) electrons. The van der Waals surface area contributed by atoms with Gasteiger partial charge in [-0.3, -0.25) is 0 Å². The van der Waals surface area contributed by atoms with Crippen LogP contribution in [0.1, 0.15) is 26.7 Å². The maximum atomic E-state index is 9.96. The van der Waals surface area contributed by atoms with Gasteiger partial charge >= 0.3 is 0 Å². The molecule has 0 aromatic heterocycles. The van der Waals surface area contributed by atoms with E-state index in [9.17, 15) is 5.11 Å². The topological polar surface area (TPSA) is 58.9 Å². The van der Waals surface area contributed by atoms with Crippen LogP contribution in [0.25, 0.3) is 0 Å². The third kappa shape index (κ3) is 3.56. The molecule has 0 amide bonds.